The van der Waals surface area contributed by atoms with Crippen molar-refractivity contribution in [2.24, 2.45) is 16.7 Å². The molecule has 2 rings (SSSR count). The molecule has 2 bridgehead atoms. The molecule has 2 fully saturated rings. The molecule has 3 nitrogen and oxygen atoms in total. The van der Waals surface area contributed by atoms with Crippen LogP contribution in [0.1, 0.15) is 40.0 Å². The number of hydrogen-bond acceptors (Lipinski definition) is 3. The molecule has 1 heterocycles. The first-order valence-electron chi connectivity index (χ1n) is 5.12. The molecule has 0 aromatic heterocycles. The summed E-state index contributed by atoms with van der Waals surface area (Å²) in [6.07, 6.45) is 2.34. The van der Waals surface area contributed by atoms with Crippen molar-refractivity contribution in [3.63, 3.8) is 0 Å². The van der Waals surface area contributed by atoms with Crippen molar-refractivity contribution < 1.29 is 14.3 Å². The van der Waals surface area contributed by atoms with Gasteiger partial charge in [0.1, 0.15) is 0 Å². The highest BCUT2D eigenvalue weighted by Gasteiger charge is 2.56. The first kappa shape index (κ1) is 9.69. The van der Waals surface area contributed by atoms with Crippen LogP contribution in [0.3, 0.4) is 0 Å². The van der Waals surface area contributed by atoms with Gasteiger partial charge in [-0.25, -0.2) is 0 Å². The third-order valence-corrected chi connectivity index (χ3v) is 3.55. The monoisotopic (exact) mass is 196 g/mol. The fourth-order valence-corrected chi connectivity index (χ4v) is 3.26. The molecule has 0 spiro atoms. The van der Waals surface area contributed by atoms with E-state index in [1.54, 1.807) is 0 Å². The smallest absolute Gasteiger partial charge is 0.319 e. The van der Waals surface area contributed by atoms with Gasteiger partial charge in [0, 0.05) is 0 Å². The molecule has 0 amide bonds. The first-order valence-corrected chi connectivity index (χ1v) is 5.12. The van der Waals surface area contributed by atoms with E-state index in [1.807, 2.05) is 13.8 Å². The van der Waals surface area contributed by atoms with Crippen LogP contribution in [-0.2, 0) is 14.3 Å². The Morgan fingerprint density at radius 2 is 1.57 bits per heavy atom. The van der Waals surface area contributed by atoms with Crippen molar-refractivity contribution >= 4 is 11.9 Å². The minimum absolute atomic E-state index is 0.327. The second kappa shape index (κ2) is 2.59. The molecule has 1 unspecified atom stereocenters. The molecule has 78 valence electrons. The maximum absolute atomic E-state index is 11.6. The fourth-order valence-electron chi connectivity index (χ4n) is 3.26. The molecule has 14 heavy (non-hydrogen) atoms. The number of cyclic esters (lactones) is 2. The molecule has 0 aromatic rings. The Labute approximate surface area is 83.8 Å². The average Bonchev–Trinajstić information content (AvgIpc) is 1.99. The average molecular weight is 196 g/mol. The van der Waals surface area contributed by atoms with Crippen LogP contribution >= 0.6 is 0 Å². The predicted molar refractivity (Wildman–Crippen MR) is 50.3 cm³/mol. The van der Waals surface area contributed by atoms with Crippen LogP contribution in [0.25, 0.3) is 0 Å². The van der Waals surface area contributed by atoms with Crippen molar-refractivity contribution in [2.45, 2.75) is 40.0 Å². The Morgan fingerprint density at radius 1 is 1.14 bits per heavy atom. The third-order valence-electron chi connectivity index (χ3n) is 3.55. The van der Waals surface area contributed by atoms with Crippen LogP contribution in [0.5, 0.6) is 0 Å². The van der Waals surface area contributed by atoms with E-state index in [-0.39, 0.29) is 11.9 Å². The Hall–Kier alpha value is -0.860. The molecule has 1 saturated carbocycles. The maximum Gasteiger partial charge on any atom is 0.319 e. The van der Waals surface area contributed by atoms with E-state index in [0.717, 1.165) is 12.8 Å². The molecule has 2 aliphatic rings. The summed E-state index contributed by atoms with van der Waals surface area (Å²) in [5.41, 5.74) is -0.860. The highest BCUT2D eigenvalue weighted by molar-refractivity contribution is 5.95. The Bertz CT molecular complexity index is 282. The van der Waals surface area contributed by atoms with E-state index >= 15 is 0 Å². The summed E-state index contributed by atoms with van der Waals surface area (Å²) in [6, 6.07) is 0. The molecular weight excluding hydrogens is 180 g/mol. The number of hydrogen-bond donors (Lipinski definition) is 0. The first-order chi connectivity index (χ1) is 6.36. The van der Waals surface area contributed by atoms with E-state index in [2.05, 4.69) is 6.92 Å². The van der Waals surface area contributed by atoms with Crippen molar-refractivity contribution in [1.29, 1.82) is 0 Å². The summed E-state index contributed by atoms with van der Waals surface area (Å²) in [4.78, 5) is 23.2. The second-order valence-electron chi connectivity index (χ2n) is 5.49. The van der Waals surface area contributed by atoms with Gasteiger partial charge in [-0.05, 0) is 39.0 Å². The molecule has 1 aliphatic carbocycles. The number of carbonyl (C=O) groups is 2. The molecule has 1 saturated heterocycles. The highest BCUT2D eigenvalue weighted by Crippen LogP contribution is 2.52. The SMILES string of the molecule is CC1C[C@@]2(C)C[C@@](C)(C1)C(=O)OC2=O. The molecule has 0 aromatic carbocycles. The number of ether oxygens (including phenoxy) is 1. The zero-order valence-electron chi connectivity index (χ0n) is 8.92. The molecule has 3 heteroatoms. The summed E-state index contributed by atoms with van der Waals surface area (Å²) in [6.45, 7) is 5.92. The minimum Gasteiger partial charge on any atom is -0.392 e. The van der Waals surface area contributed by atoms with Gasteiger partial charge >= 0.3 is 11.9 Å². The molecular formula is C11H16O3. The lowest BCUT2D eigenvalue weighted by Gasteiger charge is -2.47. The number of fused-ring (bicyclic) bond motifs is 2. The predicted octanol–water partition coefficient (Wildman–Crippen LogP) is 1.90. The Morgan fingerprint density at radius 3 is 2.00 bits per heavy atom. The summed E-state index contributed by atoms with van der Waals surface area (Å²) >= 11 is 0. The molecule has 1 aliphatic heterocycles. The summed E-state index contributed by atoms with van der Waals surface area (Å²) < 4.78 is 4.83. The van der Waals surface area contributed by atoms with Crippen LogP contribution in [0, 0.1) is 16.7 Å². The minimum atomic E-state index is -0.430. The van der Waals surface area contributed by atoms with Gasteiger partial charge in [-0.1, -0.05) is 6.92 Å². The largest absolute Gasteiger partial charge is 0.392 e. The number of esters is 2. The van der Waals surface area contributed by atoms with Gasteiger partial charge in [0.25, 0.3) is 0 Å². The maximum atomic E-state index is 11.6. The van der Waals surface area contributed by atoms with Crippen molar-refractivity contribution in [3.05, 3.63) is 0 Å². The van der Waals surface area contributed by atoms with E-state index in [9.17, 15) is 9.59 Å². The van der Waals surface area contributed by atoms with Gasteiger partial charge in [-0.3, -0.25) is 9.59 Å². The fraction of sp³-hybridized carbons (Fsp3) is 0.818. The molecule has 0 radical (unpaired) electrons. The van der Waals surface area contributed by atoms with Crippen molar-refractivity contribution in [1.82, 2.24) is 0 Å². The van der Waals surface area contributed by atoms with E-state index < -0.39 is 10.8 Å². The number of rotatable bonds is 0. The zero-order valence-corrected chi connectivity index (χ0v) is 8.92. The Balaban J connectivity index is 2.39. The van der Waals surface area contributed by atoms with Crippen LogP contribution in [0.2, 0.25) is 0 Å². The van der Waals surface area contributed by atoms with Gasteiger partial charge in [0.15, 0.2) is 0 Å². The molecule has 0 N–H and O–H groups in total. The van der Waals surface area contributed by atoms with Crippen molar-refractivity contribution in [2.75, 3.05) is 0 Å². The molecule has 3 atom stereocenters. The Kier molecular flexibility index (Phi) is 1.79. The van der Waals surface area contributed by atoms with Gasteiger partial charge in [-0.15, -0.1) is 0 Å². The van der Waals surface area contributed by atoms with E-state index in [4.69, 9.17) is 4.74 Å². The van der Waals surface area contributed by atoms with Crippen LogP contribution in [-0.4, -0.2) is 11.9 Å². The third kappa shape index (κ3) is 1.18. The lowest BCUT2D eigenvalue weighted by Crippen LogP contribution is -2.52. The topological polar surface area (TPSA) is 43.4 Å². The van der Waals surface area contributed by atoms with Crippen LogP contribution in [0.15, 0.2) is 0 Å². The number of carbonyl (C=O) groups excluding carboxylic acids is 2. The summed E-state index contributed by atoms with van der Waals surface area (Å²) in [7, 11) is 0. The normalized spacial score (nSPS) is 47.5. The van der Waals surface area contributed by atoms with Gasteiger partial charge in [-0.2, -0.15) is 0 Å². The van der Waals surface area contributed by atoms with Gasteiger partial charge in [0.05, 0.1) is 10.8 Å². The van der Waals surface area contributed by atoms with Gasteiger partial charge < -0.3 is 4.74 Å². The zero-order chi connectivity index (χ0) is 10.6. The second-order valence-corrected chi connectivity index (χ2v) is 5.49. The summed E-state index contributed by atoms with van der Waals surface area (Å²) in [5.74, 6) is -0.228. The van der Waals surface area contributed by atoms with E-state index in [0.29, 0.717) is 12.3 Å². The van der Waals surface area contributed by atoms with Crippen LogP contribution < -0.4 is 0 Å². The highest BCUT2D eigenvalue weighted by atomic mass is 16.6. The lowest BCUT2D eigenvalue weighted by molar-refractivity contribution is -0.192. The summed E-state index contributed by atoms with van der Waals surface area (Å²) in [5, 5.41) is 0. The van der Waals surface area contributed by atoms with Gasteiger partial charge in [0.2, 0.25) is 0 Å². The lowest BCUT2D eigenvalue weighted by atomic mass is 9.59. The quantitative estimate of drug-likeness (QED) is 0.439. The van der Waals surface area contributed by atoms with Crippen molar-refractivity contribution in [3.8, 4) is 0 Å². The van der Waals surface area contributed by atoms with Crippen LogP contribution in [0.4, 0.5) is 0 Å². The van der Waals surface area contributed by atoms with E-state index in [1.165, 1.54) is 0 Å². The standard InChI is InChI=1S/C11H16O3/c1-7-4-10(2)6-11(3,5-7)9(13)14-8(10)12/h7H,4-6H2,1-3H3/t7?,10-,11+.